The molecule has 21 heavy (non-hydrogen) atoms. The Bertz CT molecular complexity index is 723. The molecule has 0 saturated carbocycles. The number of phenols is 2. The highest BCUT2D eigenvalue weighted by atomic mass is 32.2. The average Bonchev–Trinajstić information content (AvgIpc) is 2.72. The van der Waals surface area contributed by atoms with Crippen molar-refractivity contribution in [2.24, 2.45) is 4.99 Å². The fourth-order valence-electron chi connectivity index (χ4n) is 2.56. The van der Waals surface area contributed by atoms with Crippen LogP contribution in [-0.2, 0) is 0 Å². The minimum Gasteiger partial charge on any atom is -0.504 e. The van der Waals surface area contributed by atoms with E-state index in [2.05, 4.69) is 4.99 Å². The summed E-state index contributed by atoms with van der Waals surface area (Å²) in [5, 5.41) is 20.1. The SMILES string of the molecule is CSc1c(O)c(O)cc2c1C=CN=CC2c1ccccc1. The Morgan fingerprint density at radius 2 is 1.90 bits per heavy atom. The van der Waals surface area contributed by atoms with Crippen LogP contribution in [0.5, 0.6) is 11.5 Å². The summed E-state index contributed by atoms with van der Waals surface area (Å²) in [6.45, 7) is 0. The molecule has 3 rings (SSSR count). The second-order valence-corrected chi connectivity index (χ2v) is 5.60. The van der Waals surface area contributed by atoms with Crippen LogP contribution >= 0.6 is 11.8 Å². The van der Waals surface area contributed by atoms with Crippen molar-refractivity contribution in [3.8, 4) is 11.5 Å². The molecule has 0 bridgehead atoms. The van der Waals surface area contributed by atoms with Gasteiger partial charge in [-0.1, -0.05) is 30.3 Å². The van der Waals surface area contributed by atoms with Gasteiger partial charge in [0.1, 0.15) is 0 Å². The van der Waals surface area contributed by atoms with Crippen molar-refractivity contribution < 1.29 is 10.2 Å². The molecule has 3 nitrogen and oxygen atoms in total. The van der Waals surface area contributed by atoms with Crippen molar-refractivity contribution in [3.05, 3.63) is 59.3 Å². The molecule has 0 radical (unpaired) electrons. The van der Waals surface area contributed by atoms with Crippen LogP contribution in [0.4, 0.5) is 0 Å². The predicted molar refractivity (Wildman–Crippen MR) is 87.4 cm³/mol. The summed E-state index contributed by atoms with van der Waals surface area (Å²) >= 11 is 1.41. The number of aliphatic imine (C=N–C) groups is 1. The molecular weight excluding hydrogens is 282 g/mol. The second-order valence-electron chi connectivity index (χ2n) is 4.78. The molecule has 0 saturated heterocycles. The maximum Gasteiger partial charge on any atom is 0.171 e. The molecule has 0 amide bonds. The fraction of sp³-hybridized carbons (Fsp3) is 0.118. The molecule has 1 atom stereocenters. The van der Waals surface area contributed by atoms with Crippen molar-refractivity contribution in [1.82, 2.24) is 0 Å². The Morgan fingerprint density at radius 1 is 1.14 bits per heavy atom. The molecule has 2 aromatic carbocycles. The average molecular weight is 297 g/mol. The molecule has 0 fully saturated rings. The number of aromatic hydroxyl groups is 2. The van der Waals surface area contributed by atoms with Crippen LogP contribution in [0.1, 0.15) is 22.6 Å². The normalized spacial score (nSPS) is 16.5. The summed E-state index contributed by atoms with van der Waals surface area (Å²) in [6.07, 6.45) is 7.34. The summed E-state index contributed by atoms with van der Waals surface area (Å²) in [4.78, 5) is 4.97. The smallest absolute Gasteiger partial charge is 0.171 e. The van der Waals surface area contributed by atoms with Crippen molar-refractivity contribution in [3.63, 3.8) is 0 Å². The summed E-state index contributed by atoms with van der Waals surface area (Å²) < 4.78 is 0. The van der Waals surface area contributed by atoms with Gasteiger partial charge in [-0.2, -0.15) is 0 Å². The van der Waals surface area contributed by atoms with E-state index in [-0.39, 0.29) is 17.4 Å². The van der Waals surface area contributed by atoms with Crippen LogP contribution in [0.25, 0.3) is 6.08 Å². The van der Waals surface area contributed by atoms with Crippen LogP contribution in [0.2, 0.25) is 0 Å². The van der Waals surface area contributed by atoms with Crippen LogP contribution in [-0.4, -0.2) is 22.7 Å². The molecule has 1 heterocycles. The van der Waals surface area contributed by atoms with Gasteiger partial charge in [-0.05, 0) is 35.1 Å². The van der Waals surface area contributed by atoms with E-state index in [4.69, 9.17) is 0 Å². The molecule has 1 aliphatic rings. The molecule has 0 aromatic heterocycles. The van der Waals surface area contributed by atoms with Gasteiger partial charge in [0.05, 0.1) is 4.90 Å². The fourth-order valence-corrected chi connectivity index (χ4v) is 3.27. The number of hydrogen-bond donors (Lipinski definition) is 2. The quantitative estimate of drug-likeness (QED) is 0.650. The van der Waals surface area contributed by atoms with Crippen molar-refractivity contribution >= 4 is 24.1 Å². The van der Waals surface area contributed by atoms with E-state index >= 15 is 0 Å². The number of nitrogens with zero attached hydrogens (tertiary/aromatic N) is 1. The predicted octanol–water partition coefficient (Wildman–Crippen LogP) is 4.01. The number of hydrogen-bond acceptors (Lipinski definition) is 4. The summed E-state index contributed by atoms with van der Waals surface area (Å²) in [7, 11) is 0. The minimum atomic E-state index is -0.0947. The van der Waals surface area contributed by atoms with Gasteiger partial charge in [0.25, 0.3) is 0 Å². The molecule has 1 aliphatic heterocycles. The lowest BCUT2D eigenvalue weighted by Crippen LogP contribution is -2.04. The summed E-state index contributed by atoms with van der Waals surface area (Å²) in [6, 6.07) is 11.6. The van der Waals surface area contributed by atoms with E-state index in [1.54, 1.807) is 12.3 Å². The van der Waals surface area contributed by atoms with Crippen molar-refractivity contribution in [1.29, 1.82) is 0 Å². The zero-order valence-corrected chi connectivity index (χ0v) is 12.3. The van der Waals surface area contributed by atoms with Crippen LogP contribution in [0.15, 0.2) is 52.5 Å². The highest BCUT2D eigenvalue weighted by Crippen LogP contribution is 2.44. The van der Waals surface area contributed by atoms with Crippen LogP contribution < -0.4 is 0 Å². The third-order valence-electron chi connectivity index (χ3n) is 3.57. The van der Waals surface area contributed by atoms with Gasteiger partial charge in [0.2, 0.25) is 0 Å². The maximum absolute atomic E-state index is 10.1. The van der Waals surface area contributed by atoms with E-state index in [1.165, 1.54) is 11.8 Å². The molecule has 106 valence electrons. The first-order chi connectivity index (χ1) is 10.2. The molecule has 4 heteroatoms. The second kappa shape index (κ2) is 5.66. The lowest BCUT2D eigenvalue weighted by Gasteiger charge is -2.18. The number of benzene rings is 2. The first kappa shape index (κ1) is 13.8. The first-order valence-electron chi connectivity index (χ1n) is 6.60. The Hall–Kier alpha value is -2.20. The molecule has 1 unspecified atom stereocenters. The zero-order chi connectivity index (χ0) is 14.8. The number of phenolic OH excluding ortho intramolecular Hbond substituents is 2. The molecule has 2 N–H and O–H groups in total. The van der Waals surface area contributed by atoms with E-state index in [0.29, 0.717) is 4.90 Å². The third-order valence-corrected chi connectivity index (χ3v) is 4.39. The van der Waals surface area contributed by atoms with Crippen LogP contribution in [0.3, 0.4) is 0 Å². The Morgan fingerprint density at radius 3 is 2.62 bits per heavy atom. The van der Waals surface area contributed by atoms with E-state index in [9.17, 15) is 10.2 Å². The van der Waals surface area contributed by atoms with E-state index < -0.39 is 0 Å². The van der Waals surface area contributed by atoms with Crippen molar-refractivity contribution in [2.75, 3.05) is 6.26 Å². The third kappa shape index (κ3) is 2.43. The van der Waals surface area contributed by atoms with Gasteiger partial charge in [0, 0.05) is 18.3 Å². The highest BCUT2D eigenvalue weighted by Gasteiger charge is 2.22. The zero-order valence-electron chi connectivity index (χ0n) is 11.5. The molecule has 2 aromatic rings. The van der Waals surface area contributed by atoms with Crippen LogP contribution in [0, 0.1) is 0 Å². The monoisotopic (exact) mass is 297 g/mol. The Labute approximate surface area is 127 Å². The highest BCUT2D eigenvalue weighted by molar-refractivity contribution is 7.98. The Kier molecular flexibility index (Phi) is 3.71. The molecular formula is C17H15NO2S. The first-order valence-corrected chi connectivity index (χ1v) is 7.82. The van der Waals surface area contributed by atoms with Gasteiger partial charge in [0.15, 0.2) is 11.5 Å². The summed E-state index contributed by atoms with van der Waals surface area (Å²) in [5.41, 5.74) is 2.95. The van der Waals surface area contributed by atoms with Gasteiger partial charge in [-0.15, -0.1) is 11.8 Å². The minimum absolute atomic E-state index is 0.0476. The van der Waals surface area contributed by atoms with Gasteiger partial charge in [-0.25, -0.2) is 0 Å². The van der Waals surface area contributed by atoms with Crippen molar-refractivity contribution in [2.45, 2.75) is 10.8 Å². The number of fused-ring (bicyclic) bond motifs is 1. The lowest BCUT2D eigenvalue weighted by molar-refractivity contribution is 0.394. The van der Waals surface area contributed by atoms with Gasteiger partial charge in [-0.3, -0.25) is 4.99 Å². The van der Waals surface area contributed by atoms with E-state index in [0.717, 1.165) is 16.7 Å². The molecule has 0 aliphatic carbocycles. The number of rotatable bonds is 2. The molecule has 0 spiro atoms. The largest absolute Gasteiger partial charge is 0.504 e. The topological polar surface area (TPSA) is 52.8 Å². The maximum atomic E-state index is 10.1. The lowest BCUT2D eigenvalue weighted by atomic mass is 9.89. The van der Waals surface area contributed by atoms with E-state index in [1.807, 2.05) is 48.9 Å². The van der Waals surface area contributed by atoms with Gasteiger partial charge >= 0.3 is 0 Å². The summed E-state index contributed by atoms with van der Waals surface area (Å²) in [5.74, 6) is -0.212. The van der Waals surface area contributed by atoms with Gasteiger partial charge < -0.3 is 10.2 Å². The standard InChI is InChI=1S/C17H15NO2S/c1-21-17-12-7-8-18-10-14(11-5-3-2-4-6-11)13(12)9-15(19)16(17)20/h2-10,14,19-20H,1H3. The Balaban J connectivity index is 2.25. The number of thioether (sulfide) groups is 1.